The Kier molecular flexibility index (Phi) is 5.88. The van der Waals surface area contributed by atoms with Gasteiger partial charge >= 0.3 is 0 Å². The highest BCUT2D eigenvalue weighted by atomic mass is 127. The van der Waals surface area contributed by atoms with Gasteiger partial charge in [-0.1, -0.05) is 13.8 Å². The zero-order chi connectivity index (χ0) is 13.0. The van der Waals surface area contributed by atoms with Crippen molar-refractivity contribution in [3.8, 4) is 0 Å². The van der Waals surface area contributed by atoms with Crippen LogP contribution < -0.4 is 5.32 Å². The zero-order valence-corrected chi connectivity index (χ0v) is 13.6. The number of nitrogens with one attached hydrogen (secondary N) is 1. The Morgan fingerprint density at radius 3 is 2.59 bits per heavy atom. The van der Waals surface area contributed by atoms with E-state index in [9.17, 15) is 4.79 Å². The molecule has 5 heteroatoms. The van der Waals surface area contributed by atoms with Crippen molar-refractivity contribution in [2.75, 3.05) is 20.6 Å². The molecule has 0 radical (unpaired) electrons. The normalized spacial score (nSPS) is 13.1. The topological polar surface area (TPSA) is 32.3 Å². The number of hydrogen-bond acceptors (Lipinski definition) is 3. The summed E-state index contributed by atoms with van der Waals surface area (Å²) in [6, 6.07) is 2.29. The Hall–Kier alpha value is -0.140. The van der Waals surface area contributed by atoms with Crippen molar-refractivity contribution in [3.05, 3.63) is 19.9 Å². The van der Waals surface area contributed by atoms with Crippen LogP contribution in [0.4, 0.5) is 0 Å². The maximum atomic E-state index is 11.9. The molecule has 1 heterocycles. The van der Waals surface area contributed by atoms with Crippen LogP contribution >= 0.6 is 33.9 Å². The molecule has 0 saturated carbocycles. The largest absolute Gasteiger partial charge is 0.350 e. The van der Waals surface area contributed by atoms with Gasteiger partial charge in [0.15, 0.2) is 0 Å². The smallest absolute Gasteiger partial charge is 0.252 e. The van der Waals surface area contributed by atoms with E-state index >= 15 is 0 Å². The fourth-order valence-electron chi connectivity index (χ4n) is 1.74. The van der Waals surface area contributed by atoms with Gasteiger partial charge in [-0.05, 0) is 48.7 Å². The number of thiophene rings is 1. The number of hydrogen-bond donors (Lipinski definition) is 1. The SMILES string of the molecule is CC(C)C(CNC(=O)c1csc(I)c1)N(C)C. The van der Waals surface area contributed by atoms with Crippen LogP contribution in [0.15, 0.2) is 11.4 Å². The molecule has 0 fully saturated rings. The second-order valence-electron chi connectivity index (χ2n) is 4.62. The van der Waals surface area contributed by atoms with Gasteiger partial charge in [0.1, 0.15) is 0 Å². The van der Waals surface area contributed by atoms with E-state index < -0.39 is 0 Å². The lowest BCUT2D eigenvalue weighted by molar-refractivity contribution is 0.0935. The summed E-state index contributed by atoms with van der Waals surface area (Å²) < 4.78 is 1.14. The van der Waals surface area contributed by atoms with Crippen LogP contribution in [0.3, 0.4) is 0 Å². The number of carbonyl (C=O) groups is 1. The van der Waals surface area contributed by atoms with Crippen molar-refractivity contribution in [1.29, 1.82) is 0 Å². The molecule has 1 aromatic heterocycles. The van der Waals surface area contributed by atoms with Gasteiger partial charge < -0.3 is 10.2 Å². The van der Waals surface area contributed by atoms with E-state index in [-0.39, 0.29) is 5.91 Å². The van der Waals surface area contributed by atoms with Gasteiger partial charge in [-0.3, -0.25) is 4.79 Å². The molecule has 0 aliphatic heterocycles. The Morgan fingerprint density at radius 1 is 1.53 bits per heavy atom. The molecular weight excluding hydrogens is 347 g/mol. The summed E-state index contributed by atoms with van der Waals surface area (Å²) in [4.78, 5) is 14.0. The lowest BCUT2D eigenvalue weighted by Gasteiger charge is -2.28. The quantitative estimate of drug-likeness (QED) is 0.813. The van der Waals surface area contributed by atoms with Gasteiger partial charge in [-0.25, -0.2) is 0 Å². The van der Waals surface area contributed by atoms with E-state index in [4.69, 9.17) is 0 Å². The number of amides is 1. The first kappa shape index (κ1) is 14.9. The highest BCUT2D eigenvalue weighted by Gasteiger charge is 2.17. The molecule has 1 atom stereocenters. The first-order chi connectivity index (χ1) is 7.91. The van der Waals surface area contributed by atoms with Crippen molar-refractivity contribution >= 4 is 39.8 Å². The lowest BCUT2D eigenvalue weighted by Crippen LogP contribution is -2.43. The summed E-state index contributed by atoms with van der Waals surface area (Å²) in [6.45, 7) is 5.03. The van der Waals surface area contributed by atoms with E-state index in [0.717, 1.165) is 8.45 Å². The highest BCUT2D eigenvalue weighted by molar-refractivity contribution is 14.1. The molecular formula is C12H19IN2OS. The van der Waals surface area contributed by atoms with Crippen LogP contribution in [0.5, 0.6) is 0 Å². The summed E-state index contributed by atoms with van der Waals surface area (Å²) in [5, 5.41) is 4.90. The summed E-state index contributed by atoms with van der Waals surface area (Å²) in [5.74, 6) is 0.546. The maximum absolute atomic E-state index is 11.9. The van der Waals surface area contributed by atoms with Crippen molar-refractivity contribution in [3.63, 3.8) is 0 Å². The molecule has 3 nitrogen and oxygen atoms in total. The molecule has 0 bridgehead atoms. The molecule has 0 spiro atoms. The van der Waals surface area contributed by atoms with Crippen LogP contribution in [0.25, 0.3) is 0 Å². The molecule has 0 aliphatic carbocycles. The molecule has 1 unspecified atom stereocenters. The van der Waals surface area contributed by atoms with Gasteiger partial charge in [0.2, 0.25) is 0 Å². The number of halogens is 1. The van der Waals surface area contributed by atoms with Crippen molar-refractivity contribution in [1.82, 2.24) is 10.2 Å². The minimum Gasteiger partial charge on any atom is -0.350 e. The first-order valence-corrected chi connectivity index (χ1v) is 7.56. The van der Waals surface area contributed by atoms with Crippen molar-refractivity contribution < 1.29 is 4.79 Å². The minimum atomic E-state index is 0.0247. The third-order valence-corrected chi connectivity index (χ3v) is 4.52. The summed E-state index contributed by atoms with van der Waals surface area (Å²) in [6.07, 6.45) is 0. The summed E-state index contributed by atoms with van der Waals surface area (Å²) >= 11 is 3.82. The van der Waals surface area contributed by atoms with Crippen LogP contribution in [-0.4, -0.2) is 37.5 Å². The second-order valence-corrected chi connectivity index (χ2v) is 7.43. The van der Waals surface area contributed by atoms with Crippen molar-refractivity contribution in [2.45, 2.75) is 19.9 Å². The molecule has 0 aliphatic rings. The standard InChI is InChI=1S/C12H19IN2OS/c1-8(2)10(15(3)4)6-14-12(16)9-5-11(13)17-7-9/h5,7-8,10H,6H2,1-4H3,(H,14,16). The van der Waals surface area contributed by atoms with Gasteiger partial charge in [0.25, 0.3) is 5.91 Å². The van der Waals surface area contributed by atoms with E-state index in [1.165, 1.54) is 0 Å². The fraction of sp³-hybridized carbons (Fsp3) is 0.583. The fourth-order valence-corrected chi connectivity index (χ4v) is 3.07. The predicted octanol–water partition coefficient (Wildman–Crippen LogP) is 2.67. The van der Waals surface area contributed by atoms with Crippen LogP contribution in [-0.2, 0) is 0 Å². The third-order valence-electron chi connectivity index (χ3n) is 2.73. The molecule has 0 saturated heterocycles. The number of nitrogens with zero attached hydrogens (tertiary/aromatic N) is 1. The Bertz CT molecular complexity index is 368. The molecule has 1 rings (SSSR count). The van der Waals surface area contributed by atoms with Gasteiger partial charge in [0.05, 0.1) is 8.45 Å². The van der Waals surface area contributed by atoms with E-state index in [2.05, 4.69) is 46.7 Å². The van der Waals surface area contributed by atoms with Crippen LogP contribution in [0.1, 0.15) is 24.2 Å². The number of carbonyl (C=O) groups excluding carboxylic acids is 1. The van der Waals surface area contributed by atoms with E-state index in [0.29, 0.717) is 18.5 Å². The molecule has 1 amide bonds. The van der Waals surface area contributed by atoms with Crippen LogP contribution in [0, 0.1) is 8.80 Å². The molecule has 96 valence electrons. The first-order valence-electron chi connectivity index (χ1n) is 5.60. The van der Waals surface area contributed by atoms with Gasteiger partial charge in [-0.2, -0.15) is 0 Å². The maximum Gasteiger partial charge on any atom is 0.252 e. The minimum absolute atomic E-state index is 0.0247. The summed E-state index contributed by atoms with van der Waals surface area (Å²) in [7, 11) is 4.09. The lowest BCUT2D eigenvalue weighted by atomic mass is 10.0. The molecule has 1 aromatic rings. The average molecular weight is 366 g/mol. The Labute approximate surface area is 121 Å². The summed E-state index contributed by atoms with van der Waals surface area (Å²) in [5.41, 5.74) is 0.765. The number of likely N-dealkylation sites (N-methyl/N-ethyl adjacent to an activating group) is 1. The average Bonchev–Trinajstić information content (AvgIpc) is 2.63. The Morgan fingerprint density at radius 2 is 2.18 bits per heavy atom. The molecule has 1 N–H and O–H groups in total. The Balaban J connectivity index is 2.52. The predicted molar refractivity (Wildman–Crippen MR) is 81.7 cm³/mol. The molecule has 17 heavy (non-hydrogen) atoms. The molecule has 0 aromatic carbocycles. The van der Waals surface area contributed by atoms with E-state index in [1.54, 1.807) is 11.3 Å². The number of rotatable bonds is 5. The van der Waals surface area contributed by atoms with Gasteiger partial charge in [-0.15, -0.1) is 11.3 Å². The second kappa shape index (κ2) is 6.70. The van der Waals surface area contributed by atoms with Crippen LogP contribution in [0.2, 0.25) is 0 Å². The highest BCUT2D eigenvalue weighted by Crippen LogP contribution is 2.16. The van der Waals surface area contributed by atoms with Crippen molar-refractivity contribution in [2.24, 2.45) is 5.92 Å². The third kappa shape index (κ3) is 4.56. The zero-order valence-electron chi connectivity index (χ0n) is 10.7. The van der Waals surface area contributed by atoms with Gasteiger partial charge in [0, 0.05) is 18.0 Å². The van der Waals surface area contributed by atoms with E-state index in [1.807, 2.05) is 25.5 Å². The monoisotopic (exact) mass is 366 g/mol.